The topological polar surface area (TPSA) is 74.9 Å². The van der Waals surface area contributed by atoms with E-state index in [0.717, 1.165) is 22.0 Å². The minimum Gasteiger partial charge on any atom is -0.508 e. The maximum atomic E-state index is 9.45. The van der Waals surface area contributed by atoms with Gasteiger partial charge < -0.3 is 10.8 Å². The van der Waals surface area contributed by atoms with E-state index >= 15 is 0 Å². The molecule has 1 heterocycles. The number of hydrogen-bond donors (Lipinski definition) is 3. The SMILES string of the molecule is Nc1n[nH]c2cc(-c3cccc(O)c3)ccc12. The number of nitrogens with one attached hydrogen (secondary N) is 1. The number of phenols is 1. The van der Waals surface area contributed by atoms with Crippen molar-refractivity contribution in [2.24, 2.45) is 0 Å². The van der Waals surface area contributed by atoms with E-state index in [1.807, 2.05) is 30.3 Å². The molecule has 0 atom stereocenters. The summed E-state index contributed by atoms with van der Waals surface area (Å²) in [4.78, 5) is 0. The Labute approximate surface area is 97.7 Å². The lowest BCUT2D eigenvalue weighted by atomic mass is 10.0. The molecule has 0 unspecified atom stereocenters. The molecular formula is C13H11N3O. The Bertz CT molecular complexity index is 688. The maximum Gasteiger partial charge on any atom is 0.153 e. The van der Waals surface area contributed by atoms with Crippen LogP contribution in [0.25, 0.3) is 22.0 Å². The number of nitrogens with zero attached hydrogens (tertiary/aromatic N) is 1. The Hall–Kier alpha value is -2.49. The first-order valence-corrected chi connectivity index (χ1v) is 5.27. The van der Waals surface area contributed by atoms with E-state index in [0.29, 0.717) is 5.82 Å². The molecule has 0 aliphatic rings. The largest absolute Gasteiger partial charge is 0.508 e. The van der Waals surface area contributed by atoms with Gasteiger partial charge in [0.05, 0.1) is 5.52 Å². The number of phenolic OH excluding ortho intramolecular Hbond substituents is 1. The summed E-state index contributed by atoms with van der Waals surface area (Å²) in [6.45, 7) is 0. The monoisotopic (exact) mass is 225 g/mol. The Morgan fingerprint density at radius 3 is 2.71 bits per heavy atom. The molecular weight excluding hydrogens is 214 g/mol. The van der Waals surface area contributed by atoms with Crippen LogP contribution in [0.1, 0.15) is 0 Å². The van der Waals surface area contributed by atoms with E-state index in [-0.39, 0.29) is 5.75 Å². The molecule has 0 saturated heterocycles. The molecule has 0 radical (unpaired) electrons. The maximum absolute atomic E-state index is 9.45. The molecule has 0 aliphatic heterocycles. The summed E-state index contributed by atoms with van der Waals surface area (Å²) < 4.78 is 0. The molecule has 17 heavy (non-hydrogen) atoms. The van der Waals surface area contributed by atoms with Crippen molar-refractivity contribution >= 4 is 16.7 Å². The summed E-state index contributed by atoms with van der Waals surface area (Å²) in [6.07, 6.45) is 0. The van der Waals surface area contributed by atoms with Crippen molar-refractivity contribution in [3.63, 3.8) is 0 Å². The second-order valence-electron chi connectivity index (χ2n) is 3.92. The number of aromatic hydroxyl groups is 1. The van der Waals surface area contributed by atoms with E-state index in [1.54, 1.807) is 12.1 Å². The highest BCUT2D eigenvalue weighted by Gasteiger charge is 2.04. The van der Waals surface area contributed by atoms with E-state index in [4.69, 9.17) is 5.73 Å². The number of hydrogen-bond acceptors (Lipinski definition) is 3. The predicted molar refractivity (Wildman–Crippen MR) is 67.6 cm³/mol. The van der Waals surface area contributed by atoms with Gasteiger partial charge in [0.2, 0.25) is 0 Å². The molecule has 4 nitrogen and oxygen atoms in total. The first-order valence-electron chi connectivity index (χ1n) is 5.27. The van der Waals surface area contributed by atoms with Crippen LogP contribution in [0.4, 0.5) is 5.82 Å². The molecule has 2 aromatic carbocycles. The fourth-order valence-electron chi connectivity index (χ4n) is 1.91. The van der Waals surface area contributed by atoms with Gasteiger partial charge in [-0.25, -0.2) is 0 Å². The van der Waals surface area contributed by atoms with E-state index in [1.165, 1.54) is 0 Å². The lowest BCUT2D eigenvalue weighted by molar-refractivity contribution is 0.475. The Kier molecular flexibility index (Phi) is 2.01. The number of benzene rings is 2. The normalized spacial score (nSPS) is 10.8. The molecule has 4 heteroatoms. The van der Waals surface area contributed by atoms with Gasteiger partial charge >= 0.3 is 0 Å². The van der Waals surface area contributed by atoms with Crippen LogP contribution in [0.2, 0.25) is 0 Å². The van der Waals surface area contributed by atoms with Gasteiger partial charge in [0.25, 0.3) is 0 Å². The smallest absolute Gasteiger partial charge is 0.153 e. The van der Waals surface area contributed by atoms with Crippen LogP contribution in [0.5, 0.6) is 5.75 Å². The van der Waals surface area contributed by atoms with Gasteiger partial charge in [-0.2, -0.15) is 5.10 Å². The van der Waals surface area contributed by atoms with Crippen molar-refractivity contribution in [1.29, 1.82) is 0 Å². The van der Waals surface area contributed by atoms with E-state index in [2.05, 4.69) is 10.2 Å². The highest BCUT2D eigenvalue weighted by Crippen LogP contribution is 2.27. The summed E-state index contributed by atoms with van der Waals surface area (Å²) in [5, 5.41) is 17.2. The third-order valence-corrected chi connectivity index (χ3v) is 2.77. The second-order valence-corrected chi connectivity index (χ2v) is 3.92. The van der Waals surface area contributed by atoms with Gasteiger partial charge in [-0.1, -0.05) is 18.2 Å². The van der Waals surface area contributed by atoms with Crippen LogP contribution in [-0.4, -0.2) is 15.3 Å². The minimum atomic E-state index is 0.256. The third-order valence-electron chi connectivity index (χ3n) is 2.77. The van der Waals surface area contributed by atoms with E-state index < -0.39 is 0 Å². The zero-order valence-corrected chi connectivity index (χ0v) is 9.01. The zero-order valence-electron chi connectivity index (χ0n) is 9.01. The van der Waals surface area contributed by atoms with Gasteiger partial charge in [0.15, 0.2) is 5.82 Å². The molecule has 0 saturated carbocycles. The van der Waals surface area contributed by atoms with Gasteiger partial charge in [0.1, 0.15) is 5.75 Å². The van der Waals surface area contributed by atoms with Crippen molar-refractivity contribution < 1.29 is 5.11 Å². The summed E-state index contributed by atoms with van der Waals surface area (Å²) in [6, 6.07) is 13.0. The van der Waals surface area contributed by atoms with Crippen LogP contribution in [-0.2, 0) is 0 Å². The van der Waals surface area contributed by atoms with Crippen molar-refractivity contribution in [3.8, 4) is 16.9 Å². The molecule has 0 spiro atoms. The molecule has 0 amide bonds. The van der Waals surface area contributed by atoms with Crippen molar-refractivity contribution in [2.75, 3.05) is 5.73 Å². The van der Waals surface area contributed by atoms with E-state index in [9.17, 15) is 5.11 Å². The number of aromatic nitrogens is 2. The third kappa shape index (κ3) is 1.59. The zero-order chi connectivity index (χ0) is 11.8. The van der Waals surface area contributed by atoms with Gasteiger partial charge in [0, 0.05) is 5.39 Å². The number of nitrogen functional groups attached to an aromatic ring is 1. The lowest BCUT2D eigenvalue weighted by Crippen LogP contribution is -1.83. The highest BCUT2D eigenvalue weighted by molar-refractivity contribution is 5.91. The van der Waals surface area contributed by atoms with Gasteiger partial charge in [-0.15, -0.1) is 0 Å². The summed E-state index contributed by atoms with van der Waals surface area (Å²) in [5.41, 5.74) is 8.57. The molecule has 1 aromatic heterocycles. The number of H-pyrrole nitrogens is 1. The van der Waals surface area contributed by atoms with Crippen molar-refractivity contribution in [1.82, 2.24) is 10.2 Å². The van der Waals surface area contributed by atoms with Crippen molar-refractivity contribution in [2.45, 2.75) is 0 Å². The summed E-state index contributed by atoms with van der Waals surface area (Å²) in [7, 11) is 0. The predicted octanol–water partition coefficient (Wildman–Crippen LogP) is 2.52. The quantitative estimate of drug-likeness (QED) is 0.595. The molecule has 0 bridgehead atoms. The van der Waals surface area contributed by atoms with Crippen LogP contribution in [0, 0.1) is 0 Å². The highest BCUT2D eigenvalue weighted by atomic mass is 16.3. The fraction of sp³-hybridized carbons (Fsp3) is 0. The van der Waals surface area contributed by atoms with Gasteiger partial charge in [-0.05, 0) is 35.4 Å². The molecule has 0 aliphatic carbocycles. The summed E-state index contributed by atoms with van der Waals surface area (Å²) >= 11 is 0. The van der Waals surface area contributed by atoms with Crippen LogP contribution >= 0.6 is 0 Å². The van der Waals surface area contributed by atoms with Crippen LogP contribution in [0.15, 0.2) is 42.5 Å². The molecule has 0 fully saturated rings. The summed E-state index contributed by atoms with van der Waals surface area (Å²) in [5.74, 6) is 0.759. The Balaban J connectivity index is 2.18. The number of nitrogens with two attached hydrogens (primary N) is 1. The lowest BCUT2D eigenvalue weighted by Gasteiger charge is -2.02. The van der Waals surface area contributed by atoms with Crippen LogP contribution in [0.3, 0.4) is 0 Å². The number of rotatable bonds is 1. The first kappa shape index (κ1) is 9.72. The Morgan fingerprint density at radius 2 is 1.88 bits per heavy atom. The van der Waals surface area contributed by atoms with Crippen LogP contribution < -0.4 is 5.73 Å². The fourth-order valence-corrected chi connectivity index (χ4v) is 1.91. The molecule has 84 valence electrons. The number of aromatic amines is 1. The standard InChI is InChI=1S/C13H11N3O/c14-13-11-5-4-9(7-12(11)15-16-13)8-2-1-3-10(17)6-8/h1-7,17H,(H3,14,15,16). The Morgan fingerprint density at radius 1 is 1.06 bits per heavy atom. The average Bonchev–Trinajstić information content (AvgIpc) is 2.71. The minimum absolute atomic E-state index is 0.256. The second kappa shape index (κ2) is 3.52. The number of anilines is 1. The first-order chi connectivity index (χ1) is 8.24. The number of fused-ring (bicyclic) bond motifs is 1. The molecule has 4 N–H and O–H groups in total. The molecule has 3 rings (SSSR count). The van der Waals surface area contributed by atoms with Crippen molar-refractivity contribution in [3.05, 3.63) is 42.5 Å². The molecule has 3 aromatic rings. The van der Waals surface area contributed by atoms with Gasteiger partial charge in [-0.3, -0.25) is 5.10 Å². The average molecular weight is 225 g/mol.